The Kier molecular flexibility index (Phi) is 4.09. The fourth-order valence-corrected chi connectivity index (χ4v) is 1.67. The van der Waals surface area contributed by atoms with Gasteiger partial charge in [0.05, 0.1) is 11.5 Å². The highest BCUT2D eigenvalue weighted by Gasteiger charge is 2.12. The molecular weight excluding hydrogens is 262 g/mol. The number of imidazole rings is 1. The van der Waals surface area contributed by atoms with Crippen molar-refractivity contribution in [2.45, 2.75) is 6.42 Å². The summed E-state index contributed by atoms with van der Waals surface area (Å²) in [6.45, 7) is 0.198. The van der Waals surface area contributed by atoms with Crippen molar-refractivity contribution in [1.29, 1.82) is 0 Å². The molecule has 1 aromatic heterocycles. The molecule has 20 heavy (non-hydrogen) atoms. The monoisotopic (exact) mass is 275 g/mol. The Morgan fingerprint density at radius 2 is 2.10 bits per heavy atom. The number of aryl methyl sites for hydroxylation is 1. The van der Waals surface area contributed by atoms with E-state index in [9.17, 15) is 14.9 Å². The van der Waals surface area contributed by atoms with Crippen molar-refractivity contribution in [3.63, 3.8) is 0 Å². The van der Waals surface area contributed by atoms with E-state index in [1.807, 2.05) is 0 Å². The lowest BCUT2D eigenvalue weighted by Crippen LogP contribution is -2.13. The summed E-state index contributed by atoms with van der Waals surface area (Å²) >= 11 is 0. The molecule has 2 aromatic rings. The van der Waals surface area contributed by atoms with E-state index in [2.05, 4.69) is 4.98 Å². The predicted molar refractivity (Wildman–Crippen MR) is 70.3 cm³/mol. The molecule has 1 heterocycles. The van der Waals surface area contributed by atoms with Crippen LogP contribution >= 0.6 is 0 Å². The lowest BCUT2D eigenvalue weighted by molar-refractivity contribution is -0.384. The number of benzene rings is 1. The number of nitro benzene ring substituents is 1. The van der Waals surface area contributed by atoms with Crippen LogP contribution in [-0.2, 0) is 18.2 Å². The normalized spacial score (nSPS) is 10.2. The SMILES string of the molecule is Cn1ccnc1C(=O)OCCc1ccc([N+](=O)[O-])cc1. The number of non-ortho nitro benzene ring substituents is 1. The van der Waals surface area contributed by atoms with Crippen LogP contribution in [0.1, 0.15) is 16.2 Å². The van der Waals surface area contributed by atoms with Gasteiger partial charge < -0.3 is 9.30 Å². The van der Waals surface area contributed by atoms with E-state index in [1.54, 1.807) is 29.9 Å². The number of ether oxygens (including phenoxy) is 1. The Morgan fingerprint density at radius 1 is 1.40 bits per heavy atom. The first-order chi connectivity index (χ1) is 9.58. The summed E-state index contributed by atoms with van der Waals surface area (Å²) in [5.41, 5.74) is 0.905. The second-order valence-corrected chi connectivity index (χ2v) is 4.17. The minimum Gasteiger partial charge on any atom is -0.459 e. The van der Waals surface area contributed by atoms with Gasteiger partial charge in [-0.25, -0.2) is 9.78 Å². The molecule has 0 spiro atoms. The quantitative estimate of drug-likeness (QED) is 0.471. The molecule has 104 valence electrons. The fourth-order valence-electron chi connectivity index (χ4n) is 1.67. The number of hydrogen-bond donors (Lipinski definition) is 0. The second-order valence-electron chi connectivity index (χ2n) is 4.17. The van der Waals surface area contributed by atoms with Gasteiger partial charge in [0.1, 0.15) is 0 Å². The van der Waals surface area contributed by atoms with Gasteiger partial charge in [-0.3, -0.25) is 10.1 Å². The van der Waals surface area contributed by atoms with E-state index < -0.39 is 10.9 Å². The average Bonchev–Trinajstić information content (AvgIpc) is 2.85. The number of carbonyl (C=O) groups is 1. The number of rotatable bonds is 5. The number of nitrogens with zero attached hydrogens (tertiary/aromatic N) is 3. The first-order valence-corrected chi connectivity index (χ1v) is 5.95. The maximum Gasteiger partial charge on any atom is 0.374 e. The van der Waals surface area contributed by atoms with Crippen LogP contribution in [0.5, 0.6) is 0 Å². The fraction of sp³-hybridized carbons (Fsp3) is 0.231. The molecule has 0 N–H and O–H groups in total. The zero-order chi connectivity index (χ0) is 14.5. The van der Waals surface area contributed by atoms with Gasteiger partial charge >= 0.3 is 5.97 Å². The number of carbonyl (C=O) groups excluding carboxylic acids is 1. The van der Waals surface area contributed by atoms with Crippen molar-refractivity contribution in [2.24, 2.45) is 7.05 Å². The van der Waals surface area contributed by atoms with Crippen molar-refractivity contribution in [3.8, 4) is 0 Å². The molecule has 0 saturated heterocycles. The number of hydrogen-bond acceptors (Lipinski definition) is 5. The Balaban J connectivity index is 1.85. The molecule has 0 aliphatic heterocycles. The van der Waals surface area contributed by atoms with Crippen LogP contribution in [0.4, 0.5) is 5.69 Å². The maximum atomic E-state index is 11.7. The predicted octanol–water partition coefficient (Wildman–Crippen LogP) is 1.73. The van der Waals surface area contributed by atoms with E-state index in [-0.39, 0.29) is 18.1 Å². The molecule has 7 heteroatoms. The highest BCUT2D eigenvalue weighted by Crippen LogP contribution is 2.12. The molecule has 0 saturated carbocycles. The van der Waals surface area contributed by atoms with E-state index in [1.165, 1.54) is 18.3 Å². The largest absolute Gasteiger partial charge is 0.459 e. The Hall–Kier alpha value is -2.70. The third-order valence-electron chi connectivity index (χ3n) is 2.77. The zero-order valence-electron chi connectivity index (χ0n) is 10.9. The van der Waals surface area contributed by atoms with E-state index in [0.29, 0.717) is 6.42 Å². The van der Waals surface area contributed by atoms with Crippen molar-refractivity contribution in [3.05, 3.63) is 58.2 Å². The molecule has 0 bridgehead atoms. The highest BCUT2D eigenvalue weighted by molar-refractivity contribution is 5.85. The van der Waals surface area contributed by atoms with Gasteiger partial charge in [0.15, 0.2) is 0 Å². The molecule has 0 aliphatic rings. The summed E-state index contributed by atoms with van der Waals surface area (Å²) in [7, 11) is 1.71. The molecule has 0 atom stereocenters. The minimum absolute atomic E-state index is 0.0405. The third-order valence-corrected chi connectivity index (χ3v) is 2.77. The van der Waals surface area contributed by atoms with Crippen LogP contribution in [0.15, 0.2) is 36.7 Å². The van der Waals surface area contributed by atoms with E-state index in [4.69, 9.17) is 4.74 Å². The molecule has 1 aromatic carbocycles. The van der Waals surface area contributed by atoms with Gasteiger partial charge in [-0.05, 0) is 5.56 Å². The van der Waals surface area contributed by atoms with Crippen LogP contribution < -0.4 is 0 Å². The van der Waals surface area contributed by atoms with Crippen molar-refractivity contribution < 1.29 is 14.5 Å². The van der Waals surface area contributed by atoms with Crippen LogP contribution in [0, 0.1) is 10.1 Å². The average molecular weight is 275 g/mol. The molecule has 2 rings (SSSR count). The Bertz CT molecular complexity index is 619. The summed E-state index contributed by atoms with van der Waals surface area (Å²) in [4.78, 5) is 25.6. The van der Waals surface area contributed by atoms with Crippen LogP contribution in [0.25, 0.3) is 0 Å². The Morgan fingerprint density at radius 3 is 2.65 bits per heavy atom. The zero-order valence-corrected chi connectivity index (χ0v) is 10.9. The number of nitro groups is 1. The van der Waals surface area contributed by atoms with Crippen molar-refractivity contribution in [2.75, 3.05) is 6.61 Å². The van der Waals surface area contributed by atoms with Gasteiger partial charge in [0.2, 0.25) is 5.82 Å². The third kappa shape index (κ3) is 3.19. The molecule has 0 fully saturated rings. The molecule has 0 radical (unpaired) electrons. The standard InChI is InChI=1S/C13H13N3O4/c1-15-8-7-14-12(15)13(17)20-9-6-10-2-4-11(5-3-10)16(18)19/h2-5,7-8H,6,9H2,1H3. The van der Waals surface area contributed by atoms with Gasteiger partial charge in [-0.1, -0.05) is 12.1 Å². The van der Waals surface area contributed by atoms with E-state index >= 15 is 0 Å². The lowest BCUT2D eigenvalue weighted by atomic mass is 10.1. The van der Waals surface area contributed by atoms with Gasteiger partial charge in [0.25, 0.3) is 5.69 Å². The van der Waals surface area contributed by atoms with Crippen LogP contribution in [-0.4, -0.2) is 27.1 Å². The molecule has 7 nitrogen and oxygen atoms in total. The molecule has 0 unspecified atom stereocenters. The van der Waals surface area contributed by atoms with Crippen molar-refractivity contribution >= 4 is 11.7 Å². The summed E-state index contributed by atoms with van der Waals surface area (Å²) < 4.78 is 6.67. The molecular formula is C13H13N3O4. The summed E-state index contributed by atoms with van der Waals surface area (Å²) in [5.74, 6) is -0.242. The maximum absolute atomic E-state index is 11.7. The summed E-state index contributed by atoms with van der Waals surface area (Å²) in [6.07, 6.45) is 3.67. The summed E-state index contributed by atoms with van der Waals surface area (Å²) in [5, 5.41) is 10.5. The summed E-state index contributed by atoms with van der Waals surface area (Å²) in [6, 6.07) is 6.14. The lowest BCUT2D eigenvalue weighted by Gasteiger charge is -2.04. The minimum atomic E-state index is -0.487. The van der Waals surface area contributed by atoms with Gasteiger partial charge in [-0.15, -0.1) is 0 Å². The van der Waals surface area contributed by atoms with Gasteiger partial charge in [-0.2, -0.15) is 0 Å². The molecule has 0 aliphatic carbocycles. The second kappa shape index (κ2) is 5.96. The highest BCUT2D eigenvalue weighted by atomic mass is 16.6. The Labute approximate surface area is 115 Å². The van der Waals surface area contributed by atoms with Gasteiger partial charge in [0, 0.05) is 38.0 Å². The number of aromatic nitrogens is 2. The van der Waals surface area contributed by atoms with Crippen LogP contribution in [0.3, 0.4) is 0 Å². The van der Waals surface area contributed by atoms with Crippen molar-refractivity contribution in [1.82, 2.24) is 9.55 Å². The first-order valence-electron chi connectivity index (χ1n) is 5.95. The smallest absolute Gasteiger partial charge is 0.374 e. The topological polar surface area (TPSA) is 87.3 Å². The van der Waals surface area contributed by atoms with E-state index in [0.717, 1.165) is 5.56 Å². The van der Waals surface area contributed by atoms with Crippen LogP contribution in [0.2, 0.25) is 0 Å². The first kappa shape index (κ1) is 13.7. The molecule has 0 amide bonds. The number of esters is 1.